The summed E-state index contributed by atoms with van der Waals surface area (Å²) in [5, 5.41) is 1.25. The summed E-state index contributed by atoms with van der Waals surface area (Å²) in [5.74, 6) is 0. The van der Waals surface area contributed by atoms with E-state index in [1.807, 2.05) is 18.2 Å². The second-order valence-electron chi connectivity index (χ2n) is 4.26. The Labute approximate surface area is 96.2 Å². The SMILES string of the molecule is CCN(C)CCc1c[nH]c2ccc(N)cc12. The van der Waals surface area contributed by atoms with Crippen molar-refractivity contribution in [2.24, 2.45) is 0 Å². The van der Waals surface area contributed by atoms with Gasteiger partial charge in [0.2, 0.25) is 0 Å². The third kappa shape index (κ3) is 2.19. The molecule has 0 fully saturated rings. The van der Waals surface area contributed by atoms with Gasteiger partial charge < -0.3 is 15.6 Å². The number of anilines is 1. The van der Waals surface area contributed by atoms with Gasteiger partial charge in [-0.25, -0.2) is 0 Å². The zero-order valence-electron chi connectivity index (χ0n) is 9.96. The maximum absolute atomic E-state index is 5.81. The fraction of sp³-hybridized carbons (Fsp3) is 0.385. The van der Waals surface area contributed by atoms with Gasteiger partial charge in [0.1, 0.15) is 0 Å². The first-order valence-electron chi connectivity index (χ1n) is 5.74. The van der Waals surface area contributed by atoms with Crippen LogP contribution < -0.4 is 5.73 Å². The van der Waals surface area contributed by atoms with Gasteiger partial charge in [0.05, 0.1) is 0 Å². The first-order valence-corrected chi connectivity index (χ1v) is 5.74. The predicted octanol–water partition coefficient (Wildman–Crippen LogP) is 2.24. The lowest BCUT2D eigenvalue weighted by molar-refractivity contribution is 0.358. The molecule has 3 nitrogen and oxygen atoms in total. The van der Waals surface area contributed by atoms with Crippen LogP contribution in [0.4, 0.5) is 5.69 Å². The van der Waals surface area contributed by atoms with Gasteiger partial charge in [0.15, 0.2) is 0 Å². The van der Waals surface area contributed by atoms with E-state index in [0.29, 0.717) is 0 Å². The van der Waals surface area contributed by atoms with Crippen LogP contribution in [0.5, 0.6) is 0 Å². The Bertz CT molecular complexity index is 473. The third-order valence-corrected chi connectivity index (χ3v) is 3.09. The quantitative estimate of drug-likeness (QED) is 0.771. The molecule has 0 spiro atoms. The molecule has 0 unspecified atom stereocenters. The predicted molar refractivity (Wildman–Crippen MR) is 69.6 cm³/mol. The van der Waals surface area contributed by atoms with Gasteiger partial charge in [-0.05, 0) is 43.8 Å². The number of nitrogens with two attached hydrogens (primary N) is 1. The molecule has 1 aromatic carbocycles. The summed E-state index contributed by atoms with van der Waals surface area (Å²) in [5.41, 5.74) is 9.16. The molecule has 0 bridgehead atoms. The molecule has 0 atom stereocenters. The van der Waals surface area contributed by atoms with Crippen LogP contribution in [0.3, 0.4) is 0 Å². The Hall–Kier alpha value is -1.48. The number of aromatic amines is 1. The molecule has 0 amide bonds. The van der Waals surface area contributed by atoms with Crippen LogP contribution in [-0.2, 0) is 6.42 Å². The van der Waals surface area contributed by atoms with Crippen molar-refractivity contribution in [1.29, 1.82) is 0 Å². The molecule has 3 N–H and O–H groups in total. The van der Waals surface area contributed by atoms with Crippen LogP contribution in [0.1, 0.15) is 12.5 Å². The van der Waals surface area contributed by atoms with Crippen molar-refractivity contribution in [3.05, 3.63) is 30.0 Å². The lowest BCUT2D eigenvalue weighted by atomic mass is 10.1. The highest BCUT2D eigenvalue weighted by Crippen LogP contribution is 2.21. The molecule has 2 aromatic rings. The average Bonchev–Trinajstić information content (AvgIpc) is 2.68. The Balaban J connectivity index is 2.21. The summed E-state index contributed by atoms with van der Waals surface area (Å²) >= 11 is 0. The Morgan fingerprint density at radius 1 is 1.38 bits per heavy atom. The van der Waals surface area contributed by atoms with Crippen molar-refractivity contribution < 1.29 is 0 Å². The lowest BCUT2D eigenvalue weighted by Gasteiger charge is -2.12. The largest absolute Gasteiger partial charge is 0.399 e. The van der Waals surface area contributed by atoms with Gasteiger partial charge in [0, 0.05) is 29.3 Å². The molecule has 0 aliphatic carbocycles. The van der Waals surface area contributed by atoms with Crippen molar-refractivity contribution >= 4 is 16.6 Å². The van der Waals surface area contributed by atoms with E-state index < -0.39 is 0 Å². The van der Waals surface area contributed by atoms with Crippen molar-refractivity contribution in [1.82, 2.24) is 9.88 Å². The molecular formula is C13H19N3. The number of H-pyrrole nitrogens is 1. The summed E-state index contributed by atoms with van der Waals surface area (Å²) in [6.07, 6.45) is 3.15. The van der Waals surface area contributed by atoms with Gasteiger partial charge in [-0.15, -0.1) is 0 Å². The molecule has 0 saturated carbocycles. The minimum Gasteiger partial charge on any atom is -0.399 e. The molecule has 0 aliphatic rings. The van der Waals surface area contributed by atoms with E-state index in [1.54, 1.807) is 0 Å². The number of nitrogen functional groups attached to an aromatic ring is 1. The lowest BCUT2D eigenvalue weighted by Crippen LogP contribution is -2.20. The highest BCUT2D eigenvalue weighted by atomic mass is 15.1. The minimum absolute atomic E-state index is 0.831. The number of likely N-dealkylation sites (N-methyl/N-ethyl adjacent to an activating group) is 1. The maximum Gasteiger partial charge on any atom is 0.0458 e. The number of fused-ring (bicyclic) bond motifs is 1. The molecule has 1 heterocycles. The van der Waals surface area contributed by atoms with E-state index in [0.717, 1.165) is 25.2 Å². The Kier molecular flexibility index (Phi) is 3.15. The zero-order chi connectivity index (χ0) is 11.5. The summed E-state index contributed by atoms with van der Waals surface area (Å²) < 4.78 is 0. The summed E-state index contributed by atoms with van der Waals surface area (Å²) in [4.78, 5) is 5.59. The van der Waals surface area contributed by atoms with Crippen molar-refractivity contribution in [3.63, 3.8) is 0 Å². The van der Waals surface area contributed by atoms with Crippen molar-refractivity contribution in [2.45, 2.75) is 13.3 Å². The number of rotatable bonds is 4. The first-order chi connectivity index (χ1) is 7.70. The van der Waals surface area contributed by atoms with Gasteiger partial charge in [-0.3, -0.25) is 0 Å². The molecule has 0 saturated heterocycles. The van der Waals surface area contributed by atoms with Gasteiger partial charge in [-0.1, -0.05) is 6.92 Å². The highest BCUT2D eigenvalue weighted by molar-refractivity contribution is 5.86. The zero-order valence-corrected chi connectivity index (χ0v) is 9.96. The molecule has 1 aromatic heterocycles. The van der Waals surface area contributed by atoms with E-state index in [2.05, 4.69) is 30.1 Å². The molecule has 16 heavy (non-hydrogen) atoms. The van der Waals surface area contributed by atoms with Crippen LogP contribution in [0.15, 0.2) is 24.4 Å². The van der Waals surface area contributed by atoms with Gasteiger partial charge >= 0.3 is 0 Å². The van der Waals surface area contributed by atoms with Crippen LogP contribution in [-0.4, -0.2) is 30.0 Å². The number of hydrogen-bond acceptors (Lipinski definition) is 2. The molecule has 86 valence electrons. The van der Waals surface area contributed by atoms with Crippen LogP contribution in [0, 0.1) is 0 Å². The molecule has 0 radical (unpaired) electrons. The second kappa shape index (κ2) is 4.58. The standard InChI is InChI=1S/C13H19N3/c1-3-16(2)7-6-10-9-15-13-5-4-11(14)8-12(10)13/h4-5,8-9,15H,3,6-7,14H2,1-2H3. The van der Waals surface area contributed by atoms with E-state index in [9.17, 15) is 0 Å². The van der Waals surface area contributed by atoms with E-state index in [1.165, 1.54) is 16.5 Å². The Morgan fingerprint density at radius 3 is 2.94 bits per heavy atom. The van der Waals surface area contributed by atoms with Crippen molar-refractivity contribution in [3.8, 4) is 0 Å². The number of aromatic nitrogens is 1. The number of nitrogens with one attached hydrogen (secondary N) is 1. The Morgan fingerprint density at radius 2 is 2.19 bits per heavy atom. The second-order valence-corrected chi connectivity index (χ2v) is 4.26. The summed E-state index contributed by atoms with van der Waals surface area (Å²) in [6, 6.07) is 6.02. The molecule has 2 rings (SSSR count). The first kappa shape index (κ1) is 11.0. The monoisotopic (exact) mass is 217 g/mol. The van der Waals surface area contributed by atoms with Crippen LogP contribution in [0.2, 0.25) is 0 Å². The van der Waals surface area contributed by atoms with E-state index in [4.69, 9.17) is 5.73 Å². The maximum atomic E-state index is 5.81. The van der Waals surface area contributed by atoms with Crippen LogP contribution in [0.25, 0.3) is 10.9 Å². The topological polar surface area (TPSA) is 45.0 Å². The average molecular weight is 217 g/mol. The van der Waals surface area contributed by atoms with Gasteiger partial charge in [0.25, 0.3) is 0 Å². The number of nitrogens with zero attached hydrogens (tertiary/aromatic N) is 1. The molecule has 0 aliphatic heterocycles. The molecular weight excluding hydrogens is 198 g/mol. The third-order valence-electron chi connectivity index (χ3n) is 3.09. The van der Waals surface area contributed by atoms with Crippen LogP contribution >= 0.6 is 0 Å². The highest BCUT2D eigenvalue weighted by Gasteiger charge is 2.04. The fourth-order valence-corrected chi connectivity index (χ4v) is 1.87. The number of hydrogen-bond donors (Lipinski definition) is 2. The minimum atomic E-state index is 0.831. The van der Waals surface area contributed by atoms with E-state index >= 15 is 0 Å². The molecule has 3 heteroatoms. The van der Waals surface area contributed by atoms with Crippen molar-refractivity contribution in [2.75, 3.05) is 25.9 Å². The fourth-order valence-electron chi connectivity index (χ4n) is 1.87. The normalized spacial score (nSPS) is 11.4. The van der Waals surface area contributed by atoms with E-state index in [-0.39, 0.29) is 0 Å². The summed E-state index contributed by atoms with van der Waals surface area (Å²) in [6.45, 7) is 4.34. The number of benzene rings is 1. The summed E-state index contributed by atoms with van der Waals surface area (Å²) in [7, 11) is 2.14. The smallest absolute Gasteiger partial charge is 0.0458 e. The van der Waals surface area contributed by atoms with Gasteiger partial charge in [-0.2, -0.15) is 0 Å².